The molecule has 1 nitrogen and oxygen atoms in total. The van der Waals surface area contributed by atoms with Gasteiger partial charge in [0.15, 0.2) is 0 Å². The van der Waals surface area contributed by atoms with E-state index in [9.17, 15) is 4.39 Å². The molecule has 0 saturated heterocycles. The summed E-state index contributed by atoms with van der Waals surface area (Å²) < 4.78 is 13.9. The first-order valence-electron chi connectivity index (χ1n) is 5.94. The van der Waals surface area contributed by atoms with E-state index < -0.39 is 0 Å². The summed E-state index contributed by atoms with van der Waals surface area (Å²) in [4.78, 5) is 0. The van der Waals surface area contributed by atoms with Gasteiger partial charge < -0.3 is 5.73 Å². The second kappa shape index (κ2) is 5.25. The van der Waals surface area contributed by atoms with Crippen LogP contribution < -0.4 is 5.73 Å². The lowest BCUT2D eigenvalue weighted by Gasteiger charge is -2.37. The Hall–Kier alpha value is -0.120. The van der Waals surface area contributed by atoms with Gasteiger partial charge in [0, 0.05) is 17.0 Å². The summed E-state index contributed by atoms with van der Waals surface area (Å²) in [7, 11) is 0. The van der Waals surface area contributed by atoms with Crippen LogP contribution in [0, 0.1) is 5.82 Å². The Kier molecular flexibility index (Phi) is 4.11. The SMILES string of the molecule is NCC1(c2cc(Br)c(F)cc2Cl)CCCCC1. The van der Waals surface area contributed by atoms with Crippen LogP contribution in [0.3, 0.4) is 0 Å². The summed E-state index contributed by atoms with van der Waals surface area (Å²) in [6.07, 6.45) is 5.68. The minimum absolute atomic E-state index is 0.0639. The number of benzene rings is 1. The molecule has 0 radical (unpaired) electrons. The fourth-order valence-corrected chi connectivity index (χ4v) is 3.44. The number of hydrogen-bond acceptors (Lipinski definition) is 1. The van der Waals surface area contributed by atoms with Crippen LogP contribution in [0.5, 0.6) is 0 Å². The molecule has 0 amide bonds. The van der Waals surface area contributed by atoms with Crippen LogP contribution in [0.25, 0.3) is 0 Å². The van der Waals surface area contributed by atoms with Crippen molar-refractivity contribution in [2.24, 2.45) is 5.73 Å². The van der Waals surface area contributed by atoms with E-state index >= 15 is 0 Å². The summed E-state index contributed by atoms with van der Waals surface area (Å²) in [6.45, 7) is 0.574. The van der Waals surface area contributed by atoms with E-state index in [-0.39, 0.29) is 11.2 Å². The van der Waals surface area contributed by atoms with Gasteiger partial charge in [-0.3, -0.25) is 0 Å². The smallest absolute Gasteiger partial charge is 0.138 e. The molecule has 0 spiro atoms. The molecule has 0 heterocycles. The Balaban J connectivity index is 2.46. The molecular weight excluding hydrogens is 305 g/mol. The maximum atomic E-state index is 13.4. The van der Waals surface area contributed by atoms with Crippen LogP contribution in [0.15, 0.2) is 16.6 Å². The van der Waals surface area contributed by atoms with E-state index in [1.807, 2.05) is 0 Å². The van der Waals surface area contributed by atoms with Gasteiger partial charge in [0.25, 0.3) is 0 Å². The van der Waals surface area contributed by atoms with Crippen molar-refractivity contribution in [3.8, 4) is 0 Å². The van der Waals surface area contributed by atoms with E-state index in [4.69, 9.17) is 17.3 Å². The Morgan fingerprint density at radius 3 is 2.53 bits per heavy atom. The third-order valence-corrected chi connectivity index (χ3v) is 4.70. The minimum Gasteiger partial charge on any atom is -0.330 e. The summed E-state index contributed by atoms with van der Waals surface area (Å²) in [5, 5.41) is 0.498. The molecule has 1 aromatic carbocycles. The molecule has 1 aliphatic rings. The van der Waals surface area contributed by atoms with E-state index in [1.165, 1.54) is 25.3 Å². The largest absolute Gasteiger partial charge is 0.330 e. The minimum atomic E-state index is -0.318. The zero-order chi connectivity index (χ0) is 12.5. The highest BCUT2D eigenvalue weighted by atomic mass is 79.9. The summed E-state index contributed by atoms with van der Waals surface area (Å²) in [5.41, 5.74) is 6.89. The molecule has 1 saturated carbocycles. The fourth-order valence-electron chi connectivity index (χ4n) is 2.74. The summed E-state index contributed by atoms with van der Waals surface area (Å²) >= 11 is 9.41. The lowest BCUT2D eigenvalue weighted by molar-refractivity contribution is 0.300. The fraction of sp³-hybridized carbons (Fsp3) is 0.538. The molecule has 1 aliphatic carbocycles. The van der Waals surface area contributed by atoms with Crippen LogP contribution >= 0.6 is 27.5 Å². The number of rotatable bonds is 2. The highest BCUT2D eigenvalue weighted by molar-refractivity contribution is 9.10. The van der Waals surface area contributed by atoms with Crippen LogP contribution in [0.4, 0.5) is 4.39 Å². The number of nitrogens with two attached hydrogens (primary N) is 1. The molecule has 0 bridgehead atoms. The third kappa shape index (κ3) is 2.51. The zero-order valence-corrected chi connectivity index (χ0v) is 12.0. The predicted octanol–water partition coefficient (Wildman–Crippen LogP) is 4.40. The molecule has 2 rings (SSSR count). The van der Waals surface area contributed by atoms with Crippen molar-refractivity contribution in [1.29, 1.82) is 0 Å². The molecule has 17 heavy (non-hydrogen) atoms. The molecule has 0 unspecified atom stereocenters. The maximum Gasteiger partial charge on any atom is 0.138 e. The van der Waals surface area contributed by atoms with Gasteiger partial charge in [-0.1, -0.05) is 30.9 Å². The van der Waals surface area contributed by atoms with Crippen molar-refractivity contribution < 1.29 is 4.39 Å². The second-order valence-electron chi connectivity index (χ2n) is 4.79. The Morgan fingerprint density at radius 1 is 1.29 bits per heavy atom. The first-order chi connectivity index (χ1) is 8.09. The quantitative estimate of drug-likeness (QED) is 0.803. The highest BCUT2D eigenvalue weighted by Crippen LogP contribution is 2.42. The molecular formula is C13H16BrClFN. The Labute approximate surface area is 115 Å². The average Bonchev–Trinajstić information content (AvgIpc) is 2.34. The van der Waals surface area contributed by atoms with Crippen LogP contribution in [-0.2, 0) is 5.41 Å². The Morgan fingerprint density at radius 2 is 1.94 bits per heavy atom. The lowest BCUT2D eigenvalue weighted by atomic mass is 9.69. The van der Waals surface area contributed by atoms with Crippen molar-refractivity contribution >= 4 is 27.5 Å². The van der Waals surface area contributed by atoms with E-state index in [0.29, 0.717) is 16.0 Å². The molecule has 0 aromatic heterocycles. The number of hydrogen-bond donors (Lipinski definition) is 1. The predicted molar refractivity (Wildman–Crippen MR) is 72.9 cm³/mol. The van der Waals surface area contributed by atoms with Gasteiger partial charge in [-0.2, -0.15) is 0 Å². The average molecular weight is 321 g/mol. The molecule has 0 atom stereocenters. The van der Waals surface area contributed by atoms with Gasteiger partial charge in [-0.05, 0) is 46.5 Å². The van der Waals surface area contributed by atoms with Crippen molar-refractivity contribution in [3.05, 3.63) is 33.0 Å². The summed E-state index contributed by atoms with van der Waals surface area (Å²) in [6, 6.07) is 3.18. The molecule has 94 valence electrons. The van der Waals surface area contributed by atoms with E-state index in [0.717, 1.165) is 18.4 Å². The van der Waals surface area contributed by atoms with E-state index in [2.05, 4.69) is 15.9 Å². The second-order valence-corrected chi connectivity index (χ2v) is 6.05. The van der Waals surface area contributed by atoms with E-state index in [1.54, 1.807) is 6.07 Å². The first-order valence-corrected chi connectivity index (χ1v) is 7.11. The standard InChI is InChI=1S/C13H16BrClFN/c14-10-6-9(11(15)7-12(10)16)13(8-17)4-2-1-3-5-13/h6-7H,1-5,8,17H2. The van der Waals surface area contributed by atoms with Crippen LogP contribution in [0.1, 0.15) is 37.7 Å². The first kappa shape index (κ1) is 13.3. The topological polar surface area (TPSA) is 26.0 Å². The van der Waals surface area contributed by atoms with Crippen molar-refractivity contribution in [3.63, 3.8) is 0 Å². The third-order valence-electron chi connectivity index (χ3n) is 3.78. The molecule has 0 aliphatic heterocycles. The van der Waals surface area contributed by atoms with Crippen LogP contribution in [-0.4, -0.2) is 6.54 Å². The van der Waals surface area contributed by atoms with Gasteiger partial charge in [-0.15, -0.1) is 0 Å². The van der Waals surface area contributed by atoms with Crippen molar-refractivity contribution in [1.82, 2.24) is 0 Å². The monoisotopic (exact) mass is 319 g/mol. The number of halogens is 3. The van der Waals surface area contributed by atoms with Gasteiger partial charge in [0.2, 0.25) is 0 Å². The van der Waals surface area contributed by atoms with Gasteiger partial charge in [0.05, 0.1) is 4.47 Å². The van der Waals surface area contributed by atoms with Gasteiger partial charge in [-0.25, -0.2) is 4.39 Å². The molecule has 1 aromatic rings. The van der Waals surface area contributed by atoms with Gasteiger partial charge in [0.1, 0.15) is 5.82 Å². The van der Waals surface area contributed by atoms with Crippen molar-refractivity contribution in [2.45, 2.75) is 37.5 Å². The lowest BCUT2D eigenvalue weighted by Crippen LogP contribution is -2.37. The van der Waals surface area contributed by atoms with Crippen molar-refractivity contribution in [2.75, 3.05) is 6.54 Å². The zero-order valence-electron chi connectivity index (χ0n) is 9.61. The highest BCUT2D eigenvalue weighted by Gasteiger charge is 2.34. The Bertz CT molecular complexity index is 416. The molecule has 1 fully saturated rings. The normalized spacial score (nSPS) is 19.3. The molecule has 4 heteroatoms. The maximum absolute atomic E-state index is 13.4. The molecule has 2 N–H and O–H groups in total. The van der Waals surface area contributed by atoms with Gasteiger partial charge >= 0.3 is 0 Å². The summed E-state index contributed by atoms with van der Waals surface area (Å²) in [5.74, 6) is -0.318. The van der Waals surface area contributed by atoms with Crippen LogP contribution in [0.2, 0.25) is 5.02 Å².